The van der Waals surface area contributed by atoms with Crippen LogP contribution in [-0.4, -0.2) is 103 Å². The number of nitrogens with zero attached hydrogens (tertiary/aromatic N) is 4. The predicted octanol–water partition coefficient (Wildman–Crippen LogP) is 3.51. The van der Waals surface area contributed by atoms with Gasteiger partial charge in [0.05, 0.1) is 52.9 Å². The molecule has 1 saturated heterocycles. The number of aryl methyl sites for hydroxylation is 1. The Morgan fingerprint density at radius 1 is 0.980 bits per heavy atom. The van der Waals surface area contributed by atoms with Crippen molar-refractivity contribution in [2.45, 2.75) is 63.5 Å². The molecule has 3 aromatic rings. The first kappa shape index (κ1) is 37.3. The molecule has 0 radical (unpaired) electrons. The van der Waals surface area contributed by atoms with Crippen LogP contribution in [-0.2, 0) is 49.1 Å². The quantitative estimate of drug-likeness (QED) is 0.149. The molecule has 1 aliphatic heterocycles. The summed E-state index contributed by atoms with van der Waals surface area (Å²) in [6.45, 7) is 11.1. The van der Waals surface area contributed by atoms with Gasteiger partial charge in [-0.2, -0.15) is 0 Å². The topological polar surface area (TPSA) is 160 Å². The molecule has 2 amide bonds. The number of nitrogens with one attached hydrogen (secondary N) is 3. The zero-order chi connectivity index (χ0) is 35.4. The summed E-state index contributed by atoms with van der Waals surface area (Å²) in [5.41, 5.74) is 3.61. The van der Waals surface area contributed by atoms with E-state index in [-0.39, 0.29) is 11.3 Å². The third-order valence-corrected chi connectivity index (χ3v) is 8.40. The van der Waals surface area contributed by atoms with Gasteiger partial charge >= 0.3 is 6.09 Å². The molecule has 0 bridgehead atoms. The monoisotopic (exact) mass is 693 g/mol. The van der Waals surface area contributed by atoms with Crippen LogP contribution in [0.25, 0.3) is 0 Å². The van der Waals surface area contributed by atoms with Crippen molar-refractivity contribution >= 4 is 17.7 Å². The molecule has 3 heterocycles. The van der Waals surface area contributed by atoms with Crippen molar-refractivity contribution in [1.82, 2.24) is 30.4 Å². The standard InChI is InChI=1S/C36H51N7O7/c1-35(2,3)50-34(45)38-13-15-47-17-19-48-18-16-46-14-12-37-22-27-10-11-30(41-32(27)26-8-9-26)33(44)40-29-7-5-6-28(20-29)36(23-49-24-36)21-31-42-39-25-43(31)4/h5-7,10-11,20,25-26,37H,8-9,12-19,21-24H2,1-4H3,(H,38,45)(H,40,44). The van der Waals surface area contributed by atoms with Crippen molar-refractivity contribution < 1.29 is 33.3 Å². The molecular weight excluding hydrogens is 642 g/mol. The highest BCUT2D eigenvalue weighted by Crippen LogP contribution is 2.41. The van der Waals surface area contributed by atoms with Crippen LogP contribution < -0.4 is 16.0 Å². The Labute approximate surface area is 294 Å². The molecule has 272 valence electrons. The minimum atomic E-state index is -0.520. The number of carbonyl (C=O) groups excluding carboxylic acids is 2. The van der Waals surface area contributed by atoms with Gasteiger partial charge in [-0.3, -0.25) is 4.79 Å². The molecule has 0 unspecified atom stereocenters. The van der Waals surface area contributed by atoms with Gasteiger partial charge in [0.2, 0.25) is 0 Å². The van der Waals surface area contributed by atoms with Gasteiger partial charge in [0.1, 0.15) is 23.4 Å². The van der Waals surface area contributed by atoms with Crippen molar-refractivity contribution in [3.05, 3.63) is 71.1 Å². The van der Waals surface area contributed by atoms with E-state index in [2.05, 4.69) is 32.2 Å². The van der Waals surface area contributed by atoms with E-state index in [0.29, 0.717) is 90.5 Å². The summed E-state index contributed by atoms with van der Waals surface area (Å²) in [6, 6.07) is 11.8. The summed E-state index contributed by atoms with van der Waals surface area (Å²) in [7, 11) is 1.94. The first-order chi connectivity index (χ1) is 24.1. The van der Waals surface area contributed by atoms with E-state index < -0.39 is 11.7 Å². The highest BCUT2D eigenvalue weighted by Gasteiger charge is 2.42. The highest BCUT2D eigenvalue weighted by molar-refractivity contribution is 6.03. The SMILES string of the molecule is Cn1cnnc1CC1(c2cccc(NC(=O)c3ccc(CNCCOCCOCCOCCNC(=O)OC(C)(C)C)c(C4CC4)n3)c2)COC1. The van der Waals surface area contributed by atoms with Crippen LogP contribution in [0, 0.1) is 0 Å². The molecule has 1 aliphatic carbocycles. The second-order valence-electron chi connectivity index (χ2n) is 13.8. The summed E-state index contributed by atoms with van der Waals surface area (Å²) < 4.78 is 29.4. The van der Waals surface area contributed by atoms with E-state index in [0.717, 1.165) is 41.2 Å². The number of aromatic nitrogens is 4. The fraction of sp³-hybridized carbons (Fsp3) is 0.583. The van der Waals surface area contributed by atoms with E-state index in [1.54, 1.807) is 12.4 Å². The van der Waals surface area contributed by atoms with Gasteiger partial charge in [0.15, 0.2) is 0 Å². The third kappa shape index (κ3) is 11.3. The number of benzene rings is 1. The van der Waals surface area contributed by atoms with E-state index in [1.165, 1.54) is 0 Å². The Bertz CT molecular complexity index is 1550. The number of amides is 2. The maximum atomic E-state index is 13.3. The Morgan fingerprint density at radius 2 is 1.70 bits per heavy atom. The largest absolute Gasteiger partial charge is 0.444 e. The lowest BCUT2D eigenvalue weighted by Gasteiger charge is -2.41. The normalized spacial score (nSPS) is 15.4. The fourth-order valence-corrected chi connectivity index (χ4v) is 5.55. The third-order valence-electron chi connectivity index (χ3n) is 8.40. The zero-order valence-electron chi connectivity index (χ0n) is 29.7. The van der Waals surface area contributed by atoms with Gasteiger partial charge in [-0.1, -0.05) is 18.2 Å². The molecule has 14 heteroatoms. The van der Waals surface area contributed by atoms with Crippen LogP contribution in [0.5, 0.6) is 0 Å². The van der Waals surface area contributed by atoms with E-state index >= 15 is 0 Å². The lowest BCUT2D eigenvalue weighted by atomic mass is 9.75. The summed E-state index contributed by atoms with van der Waals surface area (Å²) in [6.07, 6.45) is 4.13. The number of alkyl carbamates (subject to hydrolysis) is 1. The molecule has 50 heavy (non-hydrogen) atoms. The average molecular weight is 694 g/mol. The summed E-state index contributed by atoms with van der Waals surface area (Å²) >= 11 is 0. The first-order valence-corrected chi connectivity index (χ1v) is 17.3. The van der Waals surface area contributed by atoms with Crippen LogP contribution in [0.2, 0.25) is 0 Å². The second-order valence-corrected chi connectivity index (χ2v) is 13.8. The fourth-order valence-electron chi connectivity index (χ4n) is 5.55. The minimum Gasteiger partial charge on any atom is -0.444 e. The molecule has 2 aliphatic rings. The number of hydrogen-bond acceptors (Lipinski definition) is 11. The molecular formula is C36H51N7O7. The molecule has 0 atom stereocenters. The number of hydrogen-bond donors (Lipinski definition) is 3. The Hall–Kier alpha value is -3.95. The first-order valence-electron chi connectivity index (χ1n) is 17.3. The van der Waals surface area contributed by atoms with Gasteiger partial charge < -0.3 is 44.2 Å². The smallest absolute Gasteiger partial charge is 0.407 e. The molecule has 1 saturated carbocycles. The van der Waals surface area contributed by atoms with Gasteiger partial charge in [-0.05, 0) is 62.9 Å². The number of rotatable bonds is 20. The molecule has 3 N–H and O–H groups in total. The van der Waals surface area contributed by atoms with Crippen molar-refractivity contribution in [3.63, 3.8) is 0 Å². The molecule has 14 nitrogen and oxygen atoms in total. The van der Waals surface area contributed by atoms with Crippen molar-refractivity contribution in [2.75, 3.05) is 71.3 Å². The molecule has 2 fully saturated rings. The van der Waals surface area contributed by atoms with Crippen LogP contribution >= 0.6 is 0 Å². The molecule has 0 spiro atoms. The van der Waals surface area contributed by atoms with Gasteiger partial charge in [0.25, 0.3) is 5.91 Å². The summed E-state index contributed by atoms with van der Waals surface area (Å²) in [5.74, 6) is 1.06. The number of pyridine rings is 1. The van der Waals surface area contributed by atoms with Crippen molar-refractivity contribution in [3.8, 4) is 0 Å². The van der Waals surface area contributed by atoms with E-state index in [9.17, 15) is 9.59 Å². The Morgan fingerprint density at radius 3 is 2.34 bits per heavy atom. The van der Waals surface area contributed by atoms with Crippen molar-refractivity contribution in [2.24, 2.45) is 7.05 Å². The number of carbonyl (C=O) groups is 2. The zero-order valence-corrected chi connectivity index (χ0v) is 29.7. The maximum absolute atomic E-state index is 13.3. The highest BCUT2D eigenvalue weighted by atomic mass is 16.6. The van der Waals surface area contributed by atoms with Crippen molar-refractivity contribution in [1.29, 1.82) is 0 Å². The Kier molecular flexibility index (Phi) is 13.3. The van der Waals surface area contributed by atoms with Gasteiger partial charge in [0, 0.05) is 55.8 Å². The Balaban J connectivity index is 0.980. The van der Waals surface area contributed by atoms with Gasteiger partial charge in [-0.25, -0.2) is 9.78 Å². The van der Waals surface area contributed by atoms with E-state index in [4.69, 9.17) is 28.7 Å². The number of ether oxygens (including phenoxy) is 5. The summed E-state index contributed by atoms with van der Waals surface area (Å²) in [4.78, 5) is 29.7. The molecule has 5 rings (SSSR count). The maximum Gasteiger partial charge on any atom is 0.407 e. The van der Waals surface area contributed by atoms with Crippen LogP contribution in [0.1, 0.15) is 72.7 Å². The van der Waals surface area contributed by atoms with Crippen LogP contribution in [0.15, 0.2) is 42.7 Å². The van der Waals surface area contributed by atoms with E-state index in [1.807, 2.05) is 56.7 Å². The predicted molar refractivity (Wildman–Crippen MR) is 186 cm³/mol. The minimum absolute atomic E-state index is 0.201. The molecule has 1 aromatic carbocycles. The second kappa shape index (κ2) is 17.8. The lowest BCUT2D eigenvalue weighted by molar-refractivity contribution is -0.0610. The molecule has 2 aromatic heterocycles. The lowest BCUT2D eigenvalue weighted by Crippen LogP contribution is -2.49. The number of anilines is 1. The van der Waals surface area contributed by atoms with Crippen LogP contribution in [0.3, 0.4) is 0 Å². The average Bonchev–Trinajstić information content (AvgIpc) is 3.83. The summed E-state index contributed by atoms with van der Waals surface area (Å²) in [5, 5.41) is 17.4. The van der Waals surface area contributed by atoms with Gasteiger partial charge in [-0.15, -0.1) is 10.2 Å². The van der Waals surface area contributed by atoms with Crippen LogP contribution in [0.4, 0.5) is 10.5 Å².